The first-order chi connectivity index (χ1) is 18.0. The number of hydrogen-bond acceptors (Lipinski definition) is 4. The monoisotopic (exact) mass is 523 g/mol. The van der Waals surface area contributed by atoms with Crippen LogP contribution in [-0.2, 0) is 14.8 Å². The average molecular weight is 524 g/mol. The Morgan fingerprint density at radius 1 is 0.784 bits per heavy atom. The lowest BCUT2D eigenvalue weighted by Crippen LogP contribution is -2.50. The molecule has 2 saturated heterocycles. The highest BCUT2D eigenvalue weighted by atomic mass is 32.2. The first-order valence-electron chi connectivity index (χ1n) is 14.1. The molecule has 7 heteroatoms. The van der Waals surface area contributed by atoms with Crippen LogP contribution in [0.5, 0.6) is 0 Å². The van der Waals surface area contributed by atoms with Gasteiger partial charge in [-0.25, -0.2) is 8.42 Å². The van der Waals surface area contributed by atoms with Gasteiger partial charge in [-0.15, -0.1) is 0 Å². The molecule has 200 valence electrons. The highest BCUT2D eigenvalue weighted by molar-refractivity contribution is 7.89. The molecule has 1 saturated carbocycles. The molecule has 2 aromatic rings. The van der Waals surface area contributed by atoms with Crippen LogP contribution in [0, 0.1) is 5.92 Å². The van der Waals surface area contributed by atoms with Crippen molar-refractivity contribution in [3.8, 4) is 0 Å². The van der Waals surface area contributed by atoms with Crippen LogP contribution in [0.3, 0.4) is 0 Å². The minimum atomic E-state index is -3.31. The molecule has 1 aliphatic carbocycles. The van der Waals surface area contributed by atoms with Gasteiger partial charge in [0.05, 0.1) is 11.8 Å². The van der Waals surface area contributed by atoms with Crippen molar-refractivity contribution in [2.24, 2.45) is 5.92 Å². The molecule has 0 bridgehead atoms. The fraction of sp³-hybridized carbons (Fsp3) is 0.567. The Bertz CT molecular complexity index is 1080. The zero-order valence-corrected chi connectivity index (χ0v) is 22.7. The smallest absolute Gasteiger partial charge is 0.222 e. The van der Waals surface area contributed by atoms with Gasteiger partial charge in [-0.05, 0) is 49.1 Å². The van der Waals surface area contributed by atoms with E-state index in [0.29, 0.717) is 38.4 Å². The third kappa shape index (κ3) is 6.27. The second-order valence-electron chi connectivity index (χ2n) is 10.9. The van der Waals surface area contributed by atoms with E-state index in [-0.39, 0.29) is 23.7 Å². The maximum atomic E-state index is 13.2. The lowest BCUT2D eigenvalue weighted by atomic mass is 9.79. The number of sulfonamides is 1. The van der Waals surface area contributed by atoms with E-state index in [9.17, 15) is 13.2 Å². The number of piperidine rings is 1. The SMILES string of the molecule is O=C(CCCS(=O)(=O)N1CCCC2CCCCC21)N1CCN(C(c2ccccc2)c2ccccc2)CC1. The minimum Gasteiger partial charge on any atom is -0.340 e. The first kappa shape index (κ1) is 26.4. The highest BCUT2D eigenvalue weighted by Gasteiger charge is 2.39. The lowest BCUT2D eigenvalue weighted by molar-refractivity contribution is -0.133. The van der Waals surface area contributed by atoms with E-state index < -0.39 is 10.0 Å². The van der Waals surface area contributed by atoms with Crippen molar-refractivity contribution in [1.82, 2.24) is 14.1 Å². The molecule has 0 N–H and O–H groups in total. The van der Waals surface area contributed by atoms with Crippen molar-refractivity contribution in [2.75, 3.05) is 38.5 Å². The maximum Gasteiger partial charge on any atom is 0.222 e. The Morgan fingerprint density at radius 2 is 1.38 bits per heavy atom. The van der Waals surface area contributed by atoms with E-state index in [0.717, 1.165) is 45.2 Å². The van der Waals surface area contributed by atoms with Gasteiger partial charge in [0.2, 0.25) is 15.9 Å². The molecule has 2 heterocycles. The number of amides is 1. The molecule has 0 aromatic heterocycles. The van der Waals surface area contributed by atoms with Crippen LogP contribution in [0.25, 0.3) is 0 Å². The number of rotatable bonds is 8. The number of hydrogen-bond donors (Lipinski definition) is 0. The van der Waals surface area contributed by atoms with Crippen molar-refractivity contribution < 1.29 is 13.2 Å². The second kappa shape index (κ2) is 12.1. The van der Waals surface area contributed by atoms with Gasteiger partial charge < -0.3 is 4.90 Å². The largest absolute Gasteiger partial charge is 0.340 e. The van der Waals surface area contributed by atoms with E-state index >= 15 is 0 Å². The Kier molecular flexibility index (Phi) is 8.63. The molecule has 2 aliphatic heterocycles. The first-order valence-corrected chi connectivity index (χ1v) is 15.7. The van der Waals surface area contributed by atoms with E-state index in [1.165, 1.54) is 17.5 Å². The lowest BCUT2D eigenvalue weighted by Gasteiger charge is -2.43. The fourth-order valence-electron chi connectivity index (χ4n) is 6.72. The molecule has 2 atom stereocenters. The summed E-state index contributed by atoms with van der Waals surface area (Å²) in [5.41, 5.74) is 2.52. The molecule has 2 unspecified atom stereocenters. The Labute approximate surface area is 222 Å². The Morgan fingerprint density at radius 3 is 2.03 bits per heavy atom. The van der Waals surface area contributed by atoms with Crippen molar-refractivity contribution in [1.29, 1.82) is 0 Å². The van der Waals surface area contributed by atoms with Crippen molar-refractivity contribution in [3.63, 3.8) is 0 Å². The molecular formula is C30H41N3O3S. The van der Waals surface area contributed by atoms with Crippen LogP contribution in [0.15, 0.2) is 60.7 Å². The van der Waals surface area contributed by atoms with Crippen LogP contribution in [0.4, 0.5) is 0 Å². The molecular weight excluding hydrogens is 482 g/mol. The van der Waals surface area contributed by atoms with Gasteiger partial charge in [0.25, 0.3) is 0 Å². The summed E-state index contributed by atoms with van der Waals surface area (Å²) in [5.74, 6) is 0.706. The predicted molar refractivity (Wildman–Crippen MR) is 148 cm³/mol. The Balaban J connectivity index is 1.14. The van der Waals surface area contributed by atoms with Gasteiger partial charge in [-0.3, -0.25) is 9.69 Å². The van der Waals surface area contributed by atoms with E-state index in [1.807, 2.05) is 17.0 Å². The number of benzene rings is 2. The standard InChI is InChI=1S/C30H41N3O3S/c34-29(18-10-24-37(35,36)33-19-9-16-25-11-7-8-17-28(25)33)31-20-22-32(23-21-31)30(26-12-3-1-4-13-26)27-14-5-2-6-15-27/h1-6,12-15,25,28,30H,7-11,16-24H2. The van der Waals surface area contributed by atoms with E-state index in [4.69, 9.17) is 0 Å². The summed E-state index contributed by atoms with van der Waals surface area (Å²) in [6.07, 6.45) is 7.37. The summed E-state index contributed by atoms with van der Waals surface area (Å²) in [4.78, 5) is 17.4. The zero-order valence-electron chi connectivity index (χ0n) is 21.9. The number of fused-ring (bicyclic) bond motifs is 1. The second-order valence-corrected chi connectivity index (χ2v) is 13.0. The van der Waals surface area contributed by atoms with Crippen LogP contribution in [0.1, 0.15) is 68.5 Å². The van der Waals surface area contributed by atoms with Crippen LogP contribution in [-0.4, -0.2) is 72.9 Å². The molecule has 6 nitrogen and oxygen atoms in total. The topological polar surface area (TPSA) is 60.9 Å². The van der Waals surface area contributed by atoms with E-state index in [2.05, 4.69) is 53.4 Å². The number of nitrogens with zero attached hydrogens (tertiary/aromatic N) is 3. The maximum absolute atomic E-state index is 13.2. The predicted octanol–water partition coefficient (Wildman–Crippen LogP) is 4.68. The van der Waals surface area contributed by atoms with Gasteiger partial charge in [0.15, 0.2) is 0 Å². The van der Waals surface area contributed by atoms with Gasteiger partial charge in [0, 0.05) is 45.2 Å². The summed E-state index contributed by atoms with van der Waals surface area (Å²) in [6.45, 7) is 3.61. The molecule has 2 aromatic carbocycles. The van der Waals surface area contributed by atoms with Crippen LogP contribution in [0.2, 0.25) is 0 Å². The summed E-state index contributed by atoms with van der Waals surface area (Å²) in [5, 5.41) is 0. The van der Waals surface area contributed by atoms with Crippen LogP contribution >= 0.6 is 0 Å². The third-order valence-electron chi connectivity index (χ3n) is 8.61. The van der Waals surface area contributed by atoms with Gasteiger partial charge in [-0.1, -0.05) is 73.5 Å². The van der Waals surface area contributed by atoms with Crippen molar-refractivity contribution in [2.45, 2.75) is 63.5 Å². The van der Waals surface area contributed by atoms with Gasteiger partial charge in [-0.2, -0.15) is 4.31 Å². The summed E-state index contributed by atoms with van der Waals surface area (Å²) >= 11 is 0. The summed E-state index contributed by atoms with van der Waals surface area (Å²) in [7, 11) is -3.31. The molecule has 3 aliphatic rings. The molecule has 3 fully saturated rings. The molecule has 1 amide bonds. The highest BCUT2D eigenvalue weighted by Crippen LogP contribution is 2.37. The summed E-state index contributed by atoms with van der Waals surface area (Å²) < 4.78 is 28.2. The normalized spacial score (nSPS) is 23.6. The van der Waals surface area contributed by atoms with Gasteiger partial charge in [0.1, 0.15) is 0 Å². The summed E-state index contributed by atoms with van der Waals surface area (Å²) in [6, 6.07) is 21.5. The fourth-order valence-corrected chi connectivity index (χ4v) is 8.56. The number of piperazine rings is 1. The minimum absolute atomic E-state index is 0.0833. The zero-order chi connectivity index (χ0) is 25.7. The van der Waals surface area contributed by atoms with Crippen LogP contribution < -0.4 is 0 Å². The quantitative estimate of drug-likeness (QED) is 0.504. The third-order valence-corrected chi connectivity index (χ3v) is 10.6. The molecule has 0 radical (unpaired) electrons. The Hall–Kier alpha value is -2.22. The number of carbonyl (C=O) groups excluding carboxylic acids is 1. The van der Waals surface area contributed by atoms with Gasteiger partial charge >= 0.3 is 0 Å². The van der Waals surface area contributed by atoms with E-state index in [1.54, 1.807) is 4.31 Å². The average Bonchev–Trinajstić information content (AvgIpc) is 2.94. The molecule has 5 rings (SSSR count). The van der Waals surface area contributed by atoms with Crippen molar-refractivity contribution in [3.05, 3.63) is 71.8 Å². The molecule has 0 spiro atoms. The van der Waals surface area contributed by atoms with Crippen molar-refractivity contribution >= 4 is 15.9 Å². The number of carbonyl (C=O) groups is 1. The molecule has 37 heavy (non-hydrogen) atoms.